The van der Waals surface area contributed by atoms with Crippen LogP contribution in [0, 0.1) is 0 Å². The second-order valence-electron chi connectivity index (χ2n) is 11.4. The van der Waals surface area contributed by atoms with E-state index in [0.29, 0.717) is 11.3 Å². The summed E-state index contributed by atoms with van der Waals surface area (Å²) in [5.74, 6) is -0.715. The van der Waals surface area contributed by atoms with Crippen molar-refractivity contribution in [1.29, 1.82) is 0 Å². The molecule has 1 aliphatic rings. The summed E-state index contributed by atoms with van der Waals surface area (Å²) in [7, 11) is 0. The Bertz CT molecular complexity index is 2160. The Morgan fingerprint density at radius 1 is 0.640 bits per heavy atom. The summed E-state index contributed by atoms with van der Waals surface area (Å²) in [6.07, 6.45) is 1.66. The molecule has 0 atom stereocenters. The topological polar surface area (TPSA) is 78.5 Å². The summed E-state index contributed by atoms with van der Waals surface area (Å²) in [6.45, 7) is 0. The summed E-state index contributed by atoms with van der Waals surface area (Å²) < 4.78 is 0. The average molecular weight is 690 g/mol. The lowest BCUT2D eigenvalue weighted by atomic mass is 10.0. The van der Waals surface area contributed by atoms with Crippen molar-refractivity contribution >= 4 is 64.4 Å². The number of rotatable bonds is 9. The molecule has 6 aromatic carbocycles. The molecule has 6 nitrogen and oxygen atoms in total. The van der Waals surface area contributed by atoms with Crippen LogP contribution in [0.2, 0.25) is 0 Å². The van der Waals surface area contributed by atoms with Crippen molar-refractivity contribution in [1.82, 2.24) is 5.32 Å². The molecule has 6 aromatic rings. The van der Waals surface area contributed by atoms with Crippen molar-refractivity contribution < 1.29 is 14.4 Å². The molecule has 2 N–H and O–H groups in total. The summed E-state index contributed by atoms with van der Waals surface area (Å²) in [6, 6.07) is 49.8. The average Bonchev–Trinajstić information content (AvgIpc) is 3.16. The highest BCUT2D eigenvalue weighted by atomic mass is 32.2. The largest absolute Gasteiger partial charge is 0.321 e. The van der Waals surface area contributed by atoms with Crippen molar-refractivity contribution in [3.05, 3.63) is 175 Å². The van der Waals surface area contributed by atoms with Gasteiger partial charge in [0.2, 0.25) is 5.91 Å². The number of hydrogen-bond acceptors (Lipinski definition) is 5. The highest BCUT2D eigenvalue weighted by Crippen LogP contribution is 2.48. The maximum absolute atomic E-state index is 13.7. The smallest absolute Gasteiger partial charge is 0.272 e. The molecule has 1 aliphatic heterocycles. The molecule has 0 spiro atoms. The first-order chi connectivity index (χ1) is 24.5. The van der Waals surface area contributed by atoms with Gasteiger partial charge in [0, 0.05) is 25.9 Å². The lowest BCUT2D eigenvalue weighted by Gasteiger charge is -2.31. The zero-order valence-corrected chi connectivity index (χ0v) is 28.4. The molecule has 7 rings (SSSR count). The summed E-state index contributed by atoms with van der Waals surface area (Å²) in [4.78, 5) is 45.3. The summed E-state index contributed by atoms with van der Waals surface area (Å²) in [5.41, 5.74) is 5.70. The molecule has 0 aliphatic carbocycles. The number of nitrogens with zero attached hydrogens (tertiary/aromatic N) is 1. The fourth-order valence-corrected chi connectivity index (χ4v) is 7.42. The molecule has 0 aromatic heterocycles. The number of hydrogen-bond donors (Lipinski definition) is 2. The van der Waals surface area contributed by atoms with Gasteiger partial charge in [0.25, 0.3) is 11.8 Å². The number of thioether (sulfide) groups is 1. The van der Waals surface area contributed by atoms with E-state index in [-0.39, 0.29) is 17.4 Å². The van der Waals surface area contributed by atoms with E-state index in [1.807, 2.05) is 127 Å². The van der Waals surface area contributed by atoms with Gasteiger partial charge in [-0.1, -0.05) is 115 Å². The van der Waals surface area contributed by atoms with Gasteiger partial charge >= 0.3 is 0 Å². The summed E-state index contributed by atoms with van der Waals surface area (Å²) in [5, 5.41) is 5.75. The minimum atomic E-state index is -0.473. The van der Waals surface area contributed by atoms with Crippen LogP contribution in [0.1, 0.15) is 15.9 Å². The van der Waals surface area contributed by atoms with Crippen LogP contribution in [0.5, 0.6) is 0 Å². The third-order valence-corrected chi connectivity index (χ3v) is 10.1. The number of amides is 3. The van der Waals surface area contributed by atoms with E-state index >= 15 is 0 Å². The lowest BCUT2D eigenvalue weighted by Crippen LogP contribution is -2.30. The fourth-order valence-electron chi connectivity index (χ4n) is 5.56. The number of carbonyl (C=O) groups is 3. The van der Waals surface area contributed by atoms with E-state index in [9.17, 15) is 14.4 Å². The van der Waals surface area contributed by atoms with Crippen LogP contribution in [-0.2, 0) is 9.59 Å². The second kappa shape index (κ2) is 15.2. The van der Waals surface area contributed by atoms with Crippen LogP contribution in [0.3, 0.4) is 0 Å². The first kappa shape index (κ1) is 32.7. The normalized spacial score (nSPS) is 12.0. The second-order valence-corrected chi connectivity index (χ2v) is 13.5. The quantitative estimate of drug-likeness (QED) is 0.117. The first-order valence-corrected chi connectivity index (χ1v) is 17.8. The highest BCUT2D eigenvalue weighted by Gasteiger charge is 2.27. The SMILES string of the molecule is O=C(Nc1cccc(SCC(=O)N2c3ccccc3Sc3ccccc32)c1)/C(=C/c1ccc(-c2ccccc2)cc1)NC(=O)c1ccccc1. The van der Waals surface area contributed by atoms with Crippen LogP contribution in [-0.4, -0.2) is 23.5 Å². The zero-order chi connectivity index (χ0) is 34.3. The Morgan fingerprint density at radius 3 is 1.92 bits per heavy atom. The molecule has 1 heterocycles. The van der Waals surface area contributed by atoms with E-state index in [1.165, 1.54) is 11.8 Å². The van der Waals surface area contributed by atoms with Gasteiger partial charge in [0.1, 0.15) is 5.70 Å². The third kappa shape index (κ3) is 7.57. The Hall–Kier alpha value is -5.83. The predicted octanol–water partition coefficient (Wildman–Crippen LogP) is 9.68. The molecule has 0 bridgehead atoms. The fraction of sp³-hybridized carbons (Fsp3) is 0.0238. The molecule has 0 radical (unpaired) electrons. The van der Waals surface area contributed by atoms with E-state index in [4.69, 9.17) is 0 Å². The number of carbonyl (C=O) groups excluding carboxylic acids is 3. The molecule has 3 amide bonds. The molecule has 0 saturated carbocycles. The van der Waals surface area contributed by atoms with Crippen molar-refractivity contribution in [3.63, 3.8) is 0 Å². The zero-order valence-electron chi connectivity index (χ0n) is 26.8. The van der Waals surface area contributed by atoms with Crippen LogP contribution in [0.25, 0.3) is 17.2 Å². The lowest BCUT2D eigenvalue weighted by molar-refractivity contribution is -0.115. The Kier molecular flexibility index (Phi) is 9.91. The standard InChI is InChI=1S/C42H31N3O3S2/c46-40(45-36-18-7-9-20-38(36)50-39-21-10-8-19-37(39)45)28-49-34-17-11-16-33(27-34)43-42(48)35(44-41(47)32-14-5-2-6-15-32)26-29-22-24-31(25-23-29)30-12-3-1-4-13-30/h1-27H,28H2,(H,43,48)(H,44,47)/b35-26-. The molecule has 0 unspecified atom stereocenters. The highest BCUT2D eigenvalue weighted by molar-refractivity contribution is 8.00. The number of para-hydroxylation sites is 2. The van der Waals surface area contributed by atoms with E-state index in [1.54, 1.807) is 53.1 Å². The van der Waals surface area contributed by atoms with Gasteiger partial charge < -0.3 is 10.6 Å². The first-order valence-electron chi connectivity index (χ1n) is 16.0. The Labute approximate surface area is 299 Å². The molecule has 50 heavy (non-hydrogen) atoms. The Balaban J connectivity index is 1.08. The van der Waals surface area contributed by atoms with Crippen molar-refractivity contribution in [3.8, 4) is 11.1 Å². The molecule has 0 fully saturated rings. The van der Waals surface area contributed by atoms with Gasteiger partial charge in [-0.25, -0.2) is 0 Å². The summed E-state index contributed by atoms with van der Waals surface area (Å²) >= 11 is 3.06. The van der Waals surface area contributed by atoms with Crippen LogP contribution in [0.4, 0.5) is 17.1 Å². The van der Waals surface area contributed by atoms with Crippen molar-refractivity contribution in [2.24, 2.45) is 0 Å². The van der Waals surface area contributed by atoms with E-state index < -0.39 is 11.8 Å². The minimum Gasteiger partial charge on any atom is -0.321 e. The van der Waals surface area contributed by atoms with Gasteiger partial charge in [-0.2, -0.15) is 0 Å². The number of fused-ring (bicyclic) bond motifs is 2. The number of anilines is 3. The minimum absolute atomic E-state index is 0.0447. The molecule has 244 valence electrons. The van der Waals surface area contributed by atoms with Crippen LogP contribution >= 0.6 is 23.5 Å². The van der Waals surface area contributed by atoms with Crippen molar-refractivity contribution in [2.75, 3.05) is 16.0 Å². The predicted molar refractivity (Wildman–Crippen MR) is 204 cm³/mol. The maximum atomic E-state index is 13.7. The molecular formula is C42H31N3O3S2. The van der Waals surface area contributed by atoms with Crippen LogP contribution < -0.4 is 15.5 Å². The monoisotopic (exact) mass is 689 g/mol. The number of nitrogens with one attached hydrogen (secondary N) is 2. The Morgan fingerprint density at radius 2 is 1.24 bits per heavy atom. The van der Waals surface area contributed by atoms with Gasteiger partial charge in [-0.3, -0.25) is 19.3 Å². The van der Waals surface area contributed by atoms with Crippen LogP contribution in [0.15, 0.2) is 178 Å². The van der Waals surface area contributed by atoms with Gasteiger partial charge in [-0.15, -0.1) is 11.8 Å². The number of benzene rings is 6. The molecule has 0 saturated heterocycles. The maximum Gasteiger partial charge on any atom is 0.272 e. The van der Waals surface area contributed by atoms with Crippen molar-refractivity contribution in [2.45, 2.75) is 14.7 Å². The molecule has 8 heteroatoms. The van der Waals surface area contributed by atoms with Gasteiger partial charge in [-0.05, 0) is 77.4 Å². The van der Waals surface area contributed by atoms with Gasteiger partial charge in [0.15, 0.2) is 0 Å². The third-order valence-electron chi connectivity index (χ3n) is 7.99. The van der Waals surface area contributed by atoms with E-state index in [0.717, 1.165) is 42.8 Å². The van der Waals surface area contributed by atoms with E-state index in [2.05, 4.69) is 10.6 Å². The molecular weight excluding hydrogens is 659 g/mol. The van der Waals surface area contributed by atoms with Gasteiger partial charge in [0.05, 0.1) is 17.1 Å².